The minimum atomic E-state index is 0.546. The molecule has 0 heterocycles. The summed E-state index contributed by atoms with van der Waals surface area (Å²) >= 11 is 0. The van der Waals surface area contributed by atoms with Gasteiger partial charge in [-0.25, -0.2) is 0 Å². The van der Waals surface area contributed by atoms with Crippen LogP contribution in [-0.4, -0.2) is 18.3 Å². The van der Waals surface area contributed by atoms with Crippen molar-refractivity contribution < 1.29 is 9.84 Å². The Balaban J connectivity index is 0.000000461. The van der Waals surface area contributed by atoms with Gasteiger partial charge in [-0.05, 0) is 24.8 Å². The Morgan fingerprint density at radius 1 is 1.21 bits per heavy atom. The van der Waals surface area contributed by atoms with Crippen LogP contribution in [0.15, 0.2) is 30.3 Å². The van der Waals surface area contributed by atoms with Gasteiger partial charge in [-0.3, -0.25) is 0 Å². The summed E-state index contributed by atoms with van der Waals surface area (Å²) in [5.41, 5.74) is 1.28. The predicted octanol–water partition coefficient (Wildman–Crippen LogP) is 2.36. The summed E-state index contributed by atoms with van der Waals surface area (Å²) in [6.07, 6.45) is 4.41. The molecule has 0 atom stereocenters. The van der Waals surface area contributed by atoms with Crippen LogP contribution < -0.4 is 0 Å². The second-order valence-corrected chi connectivity index (χ2v) is 3.35. The monoisotopic (exact) mass is 194 g/mol. The van der Waals surface area contributed by atoms with E-state index in [1.165, 1.54) is 24.8 Å². The summed E-state index contributed by atoms with van der Waals surface area (Å²) in [7, 11) is 1.00. The van der Waals surface area contributed by atoms with Crippen LogP contribution in [0.4, 0.5) is 0 Å². The zero-order chi connectivity index (χ0) is 10.2. The number of aliphatic hydroxyl groups excluding tert-OH is 1. The molecule has 14 heavy (non-hydrogen) atoms. The van der Waals surface area contributed by atoms with E-state index < -0.39 is 0 Å². The number of aliphatic hydroxyl groups is 1. The molecular weight excluding hydrogens is 176 g/mol. The lowest BCUT2D eigenvalue weighted by atomic mass is 9.96. The van der Waals surface area contributed by atoms with Crippen molar-refractivity contribution >= 4 is 0 Å². The highest BCUT2D eigenvalue weighted by molar-refractivity contribution is 5.13. The van der Waals surface area contributed by atoms with Gasteiger partial charge in [0.25, 0.3) is 0 Å². The lowest BCUT2D eigenvalue weighted by Crippen LogP contribution is -2.21. The first-order valence-electron chi connectivity index (χ1n) is 5.05. The Morgan fingerprint density at radius 2 is 1.86 bits per heavy atom. The maximum atomic E-state index is 7.00. The zero-order valence-corrected chi connectivity index (χ0v) is 8.65. The minimum Gasteiger partial charge on any atom is -0.400 e. The van der Waals surface area contributed by atoms with Crippen molar-refractivity contribution in [3.05, 3.63) is 35.9 Å². The molecule has 0 saturated heterocycles. The molecule has 1 aliphatic rings. The van der Waals surface area contributed by atoms with Crippen molar-refractivity contribution in [2.45, 2.75) is 32.0 Å². The van der Waals surface area contributed by atoms with Crippen LogP contribution in [0, 0.1) is 0 Å². The van der Waals surface area contributed by atoms with Crippen molar-refractivity contribution in [1.29, 1.82) is 0 Å². The van der Waals surface area contributed by atoms with Gasteiger partial charge in [0, 0.05) is 7.11 Å². The summed E-state index contributed by atoms with van der Waals surface area (Å²) in [6.45, 7) is 0.783. The zero-order valence-electron chi connectivity index (χ0n) is 8.65. The molecule has 1 aromatic rings. The molecule has 0 aromatic heterocycles. The van der Waals surface area contributed by atoms with Crippen molar-refractivity contribution in [3.8, 4) is 0 Å². The Hall–Kier alpha value is -0.860. The Kier molecular flexibility index (Phi) is 5.27. The normalized spacial score (nSPS) is 15.3. The maximum Gasteiger partial charge on any atom is 0.0720 e. The average Bonchev–Trinajstić information content (AvgIpc) is 2.20. The van der Waals surface area contributed by atoms with Crippen LogP contribution in [0.3, 0.4) is 0 Å². The number of benzene rings is 1. The molecule has 2 rings (SSSR count). The van der Waals surface area contributed by atoms with Gasteiger partial charge in [0.05, 0.1) is 12.7 Å². The fourth-order valence-electron chi connectivity index (χ4n) is 1.33. The average molecular weight is 194 g/mol. The topological polar surface area (TPSA) is 29.5 Å². The molecule has 1 N–H and O–H groups in total. The van der Waals surface area contributed by atoms with E-state index in [1.54, 1.807) is 0 Å². The molecule has 0 unspecified atom stereocenters. The number of hydrogen-bond acceptors (Lipinski definition) is 2. The standard InChI is InChI=1S/C11H14O.CH4O/c1-2-5-10(6-3-1)9-12-11-7-4-8-11;1-2/h1-3,5-6,11H,4,7-9H2;2H,1H3. The van der Waals surface area contributed by atoms with Gasteiger partial charge >= 0.3 is 0 Å². The largest absolute Gasteiger partial charge is 0.400 e. The summed E-state index contributed by atoms with van der Waals surface area (Å²) < 4.78 is 5.66. The molecule has 2 nitrogen and oxygen atoms in total. The predicted molar refractivity (Wildman–Crippen MR) is 57.0 cm³/mol. The van der Waals surface area contributed by atoms with Crippen molar-refractivity contribution in [1.82, 2.24) is 0 Å². The van der Waals surface area contributed by atoms with Gasteiger partial charge in [0.2, 0.25) is 0 Å². The van der Waals surface area contributed by atoms with E-state index in [9.17, 15) is 0 Å². The molecular formula is C12H18O2. The molecule has 1 fully saturated rings. The van der Waals surface area contributed by atoms with E-state index in [0.717, 1.165) is 13.7 Å². The summed E-state index contributed by atoms with van der Waals surface area (Å²) in [5, 5.41) is 7.00. The quantitative estimate of drug-likeness (QED) is 0.800. The van der Waals surface area contributed by atoms with Crippen LogP contribution in [0.5, 0.6) is 0 Å². The molecule has 0 spiro atoms. The summed E-state index contributed by atoms with van der Waals surface area (Å²) in [6, 6.07) is 10.4. The lowest BCUT2D eigenvalue weighted by molar-refractivity contribution is -0.00866. The van der Waals surface area contributed by atoms with E-state index >= 15 is 0 Å². The molecule has 78 valence electrons. The van der Waals surface area contributed by atoms with Gasteiger partial charge in [-0.15, -0.1) is 0 Å². The number of ether oxygens (including phenoxy) is 1. The third-order valence-electron chi connectivity index (χ3n) is 2.38. The van der Waals surface area contributed by atoms with E-state index in [2.05, 4.69) is 24.3 Å². The first kappa shape index (κ1) is 11.2. The van der Waals surface area contributed by atoms with Crippen LogP contribution >= 0.6 is 0 Å². The Morgan fingerprint density at radius 3 is 2.36 bits per heavy atom. The van der Waals surface area contributed by atoms with E-state index in [4.69, 9.17) is 9.84 Å². The molecule has 0 radical (unpaired) electrons. The maximum absolute atomic E-state index is 7.00. The SMILES string of the molecule is CO.c1ccc(COC2CCC2)cc1. The van der Waals surface area contributed by atoms with Gasteiger partial charge in [-0.2, -0.15) is 0 Å². The van der Waals surface area contributed by atoms with Crippen molar-refractivity contribution in [2.75, 3.05) is 7.11 Å². The van der Waals surface area contributed by atoms with E-state index in [1.807, 2.05) is 6.07 Å². The lowest BCUT2D eigenvalue weighted by Gasteiger charge is -2.25. The molecule has 1 saturated carbocycles. The highest BCUT2D eigenvalue weighted by Gasteiger charge is 2.17. The van der Waals surface area contributed by atoms with Crippen LogP contribution in [-0.2, 0) is 11.3 Å². The molecule has 0 amide bonds. The second kappa shape index (κ2) is 6.57. The van der Waals surface area contributed by atoms with Gasteiger partial charge in [-0.1, -0.05) is 30.3 Å². The number of hydrogen-bond donors (Lipinski definition) is 1. The van der Waals surface area contributed by atoms with E-state index in [0.29, 0.717) is 6.10 Å². The first-order valence-corrected chi connectivity index (χ1v) is 5.05. The highest BCUT2D eigenvalue weighted by Crippen LogP contribution is 2.22. The fourth-order valence-corrected chi connectivity index (χ4v) is 1.33. The summed E-state index contributed by atoms with van der Waals surface area (Å²) in [5.74, 6) is 0. The van der Waals surface area contributed by atoms with E-state index in [-0.39, 0.29) is 0 Å². The van der Waals surface area contributed by atoms with Gasteiger partial charge < -0.3 is 9.84 Å². The van der Waals surface area contributed by atoms with Crippen molar-refractivity contribution in [3.63, 3.8) is 0 Å². The third kappa shape index (κ3) is 3.48. The minimum absolute atomic E-state index is 0.546. The second-order valence-electron chi connectivity index (χ2n) is 3.35. The summed E-state index contributed by atoms with van der Waals surface area (Å²) in [4.78, 5) is 0. The highest BCUT2D eigenvalue weighted by atomic mass is 16.5. The first-order chi connectivity index (χ1) is 6.95. The third-order valence-corrected chi connectivity index (χ3v) is 2.38. The fraction of sp³-hybridized carbons (Fsp3) is 0.500. The molecule has 1 aliphatic carbocycles. The Bertz CT molecular complexity index is 229. The van der Waals surface area contributed by atoms with Crippen molar-refractivity contribution in [2.24, 2.45) is 0 Å². The van der Waals surface area contributed by atoms with Gasteiger partial charge in [0.15, 0.2) is 0 Å². The van der Waals surface area contributed by atoms with Gasteiger partial charge in [0.1, 0.15) is 0 Å². The molecule has 2 heteroatoms. The van der Waals surface area contributed by atoms with Crippen LogP contribution in [0.1, 0.15) is 24.8 Å². The number of rotatable bonds is 3. The smallest absolute Gasteiger partial charge is 0.0720 e. The molecule has 0 bridgehead atoms. The van der Waals surface area contributed by atoms with Crippen LogP contribution in [0.25, 0.3) is 0 Å². The molecule has 1 aromatic carbocycles. The van der Waals surface area contributed by atoms with Crippen LogP contribution in [0.2, 0.25) is 0 Å². The Labute approximate surface area is 85.5 Å². The molecule has 0 aliphatic heterocycles.